The van der Waals surface area contributed by atoms with Crippen molar-refractivity contribution in [2.45, 2.75) is 59.9 Å². The third-order valence-electron chi connectivity index (χ3n) is 6.06. The fourth-order valence-electron chi connectivity index (χ4n) is 4.04. The van der Waals surface area contributed by atoms with Gasteiger partial charge in [0, 0.05) is 36.3 Å². The summed E-state index contributed by atoms with van der Waals surface area (Å²) in [6.45, 7) is 9.91. The SMILES string of the molecule is Cc1c(CNc2ccc(CCC=O)c(F)c2)ccc2c1N(CC(=O)C(C)(C)C)CCC2. The van der Waals surface area contributed by atoms with E-state index in [2.05, 4.69) is 29.3 Å². The van der Waals surface area contributed by atoms with Gasteiger partial charge in [0.2, 0.25) is 0 Å². The molecular formula is C26H33FN2O2. The third-order valence-corrected chi connectivity index (χ3v) is 6.06. The van der Waals surface area contributed by atoms with Crippen LogP contribution in [0, 0.1) is 18.2 Å². The smallest absolute Gasteiger partial charge is 0.157 e. The van der Waals surface area contributed by atoms with Gasteiger partial charge < -0.3 is 15.0 Å². The first-order chi connectivity index (χ1) is 14.7. The zero-order chi connectivity index (χ0) is 22.6. The molecule has 4 nitrogen and oxygen atoms in total. The average Bonchev–Trinajstić information content (AvgIpc) is 2.72. The molecule has 1 aliphatic rings. The van der Waals surface area contributed by atoms with E-state index in [1.807, 2.05) is 26.8 Å². The number of nitrogens with one attached hydrogen (secondary N) is 1. The molecule has 2 aromatic carbocycles. The van der Waals surface area contributed by atoms with Gasteiger partial charge >= 0.3 is 0 Å². The van der Waals surface area contributed by atoms with Gasteiger partial charge in [-0.15, -0.1) is 0 Å². The topological polar surface area (TPSA) is 49.4 Å². The van der Waals surface area contributed by atoms with Crippen LogP contribution in [0.15, 0.2) is 30.3 Å². The predicted molar refractivity (Wildman–Crippen MR) is 124 cm³/mol. The Kier molecular flexibility index (Phi) is 7.14. The summed E-state index contributed by atoms with van der Waals surface area (Å²) >= 11 is 0. The maximum atomic E-state index is 14.3. The van der Waals surface area contributed by atoms with E-state index in [9.17, 15) is 14.0 Å². The molecule has 0 aromatic heterocycles. The summed E-state index contributed by atoms with van der Waals surface area (Å²) in [4.78, 5) is 25.4. The second-order valence-corrected chi connectivity index (χ2v) is 9.42. The van der Waals surface area contributed by atoms with E-state index < -0.39 is 0 Å². The van der Waals surface area contributed by atoms with Crippen LogP contribution >= 0.6 is 0 Å². The standard InChI is InChI=1S/C26H33FN2O2/c1-18-21(16-28-22-12-11-19(8-6-14-30)23(27)15-22)10-9-20-7-5-13-29(25(18)20)17-24(31)26(2,3)4/h9-12,14-15,28H,5-8,13,16-17H2,1-4H3. The first-order valence-electron chi connectivity index (χ1n) is 11.1. The average molecular weight is 425 g/mol. The Labute approximate surface area is 184 Å². The summed E-state index contributed by atoms with van der Waals surface area (Å²) in [5.41, 5.74) is 5.70. The largest absolute Gasteiger partial charge is 0.381 e. The molecule has 166 valence electrons. The van der Waals surface area contributed by atoms with Gasteiger partial charge in [0.25, 0.3) is 0 Å². The Bertz CT molecular complexity index is 963. The van der Waals surface area contributed by atoms with Crippen LogP contribution in [0.25, 0.3) is 0 Å². The van der Waals surface area contributed by atoms with E-state index in [-0.39, 0.29) is 17.0 Å². The van der Waals surface area contributed by atoms with E-state index in [4.69, 9.17) is 0 Å². The second-order valence-electron chi connectivity index (χ2n) is 9.42. The van der Waals surface area contributed by atoms with Crippen molar-refractivity contribution in [3.8, 4) is 0 Å². The van der Waals surface area contributed by atoms with Crippen LogP contribution in [0.5, 0.6) is 0 Å². The lowest BCUT2D eigenvalue weighted by Gasteiger charge is -2.35. The van der Waals surface area contributed by atoms with Crippen molar-refractivity contribution in [2.75, 3.05) is 23.3 Å². The number of hydrogen-bond donors (Lipinski definition) is 1. The number of carbonyl (C=O) groups is 2. The van der Waals surface area contributed by atoms with Gasteiger partial charge in [-0.05, 0) is 60.6 Å². The van der Waals surface area contributed by atoms with E-state index in [1.54, 1.807) is 6.07 Å². The first-order valence-corrected chi connectivity index (χ1v) is 11.1. The lowest BCUT2D eigenvalue weighted by atomic mass is 9.89. The first kappa shape index (κ1) is 23.0. The van der Waals surface area contributed by atoms with E-state index >= 15 is 0 Å². The second kappa shape index (κ2) is 9.63. The molecule has 5 heteroatoms. The van der Waals surface area contributed by atoms with Crippen molar-refractivity contribution >= 4 is 23.4 Å². The van der Waals surface area contributed by atoms with Crippen LogP contribution < -0.4 is 10.2 Å². The number of aldehydes is 1. The summed E-state index contributed by atoms with van der Waals surface area (Å²) in [6.07, 6.45) is 3.63. The summed E-state index contributed by atoms with van der Waals surface area (Å²) in [5, 5.41) is 3.32. The molecule has 31 heavy (non-hydrogen) atoms. The molecular weight excluding hydrogens is 391 g/mol. The highest BCUT2D eigenvalue weighted by atomic mass is 19.1. The lowest BCUT2D eigenvalue weighted by molar-refractivity contribution is -0.124. The Balaban J connectivity index is 1.76. The highest BCUT2D eigenvalue weighted by molar-refractivity contribution is 5.88. The Hall–Kier alpha value is -2.69. The number of Topliss-reactive ketones (excluding diaryl/α,β-unsaturated/α-hetero) is 1. The monoisotopic (exact) mass is 424 g/mol. The highest BCUT2D eigenvalue weighted by Crippen LogP contribution is 2.34. The van der Waals surface area contributed by atoms with Gasteiger partial charge in [0.15, 0.2) is 5.78 Å². The molecule has 0 saturated heterocycles. The van der Waals surface area contributed by atoms with Gasteiger partial charge in [0.1, 0.15) is 12.1 Å². The van der Waals surface area contributed by atoms with Crippen LogP contribution in [-0.4, -0.2) is 25.2 Å². The van der Waals surface area contributed by atoms with E-state index in [1.165, 1.54) is 22.9 Å². The van der Waals surface area contributed by atoms with Gasteiger partial charge in [-0.1, -0.05) is 39.0 Å². The molecule has 3 rings (SSSR count). The lowest BCUT2D eigenvalue weighted by Crippen LogP contribution is -2.39. The minimum Gasteiger partial charge on any atom is -0.381 e. The summed E-state index contributed by atoms with van der Waals surface area (Å²) < 4.78 is 14.3. The van der Waals surface area contributed by atoms with Gasteiger partial charge in [-0.2, -0.15) is 0 Å². The zero-order valence-electron chi connectivity index (χ0n) is 19.1. The Morgan fingerprint density at radius 1 is 1.19 bits per heavy atom. The number of aryl methyl sites for hydroxylation is 2. The van der Waals surface area contributed by atoms with Crippen molar-refractivity contribution < 1.29 is 14.0 Å². The molecule has 0 radical (unpaired) electrons. The molecule has 0 fully saturated rings. The fraction of sp³-hybridized carbons (Fsp3) is 0.462. The van der Waals surface area contributed by atoms with Crippen LogP contribution in [0.3, 0.4) is 0 Å². The van der Waals surface area contributed by atoms with Crippen molar-refractivity contribution in [1.29, 1.82) is 0 Å². The Morgan fingerprint density at radius 2 is 1.94 bits per heavy atom. The van der Waals surface area contributed by atoms with E-state index in [0.717, 1.165) is 31.2 Å². The molecule has 0 unspecified atom stereocenters. The number of anilines is 2. The summed E-state index contributed by atoms with van der Waals surface area (Å²) in [7, 11) is 0. The zero-order valence-corrected chi connectivity index (χ0v) is 19.1. The molecule has 1 aliphatic heterocycles. The van der Waals surface area contributed by atoms with Crippen LogP contribution in [0.4, 0.5) is 15.8 Å². The number of carbonyl (C=O) groups excluding carboxylic acids is 2. The predicted octanol–water partition coefficient (Wildman–Crippen LogP) is 5.25. The third kappa shape index (κ3) is 5.52. The van der Waals surface area contributed by atoms with Crippen LogP contribution in [0.2, 0.25) is 0 Å². The molecule has 1 N–H and O–H groups in total. The van der Waals surface area contributed by atoms with Gasteiger partial charge in [-0.3, -0.25) is 4.79 Å². The molecule has 1 heterocycles. The maximum absolute atomic E-state index is 14.3. The highest BCUT2D eigenvalue weighted by Gasteiger charge is 2.27. The van der Waals surface area contributed by atoms with Crippen molar-refractivity contribution in [3.05, 3.63) is 58.4 Å². The molecule has 0 aliphatic carbocycles. The molecule has 0 spiro atoms. The number of ketones is 1. The summed E-state index contributed by atoms with van der Waals surface area (Å²) in [6, 6.07) is 9.37. The fourth-order valence-corrected chi connectivity index (χ4v) is 4.04. The van der Waals surface area contributed by atoms with Gasteiger partial charge in [-0.25, -0.2) is 4.39 Å². The number of benzene rings is 2. The van der Waals surface area contributed by atoms with Gasteiger partial charge in [0.05, 0.1) is 6.54 Å². The Morgan fingerprint density at radius 3 is 2.61 bits per heavy atom. The number of rotatable bonds is 8. The van der Waals surface area contributed by atoms with E-state index in [0.29, 0.717) is 37.2 Å². The van der Waals surface area contributed by atoms with Crippen molar-refractivity contribution in [2.24, 2.45) is 5.41 Å². The minimum absolute atomic E-state index is 0.244. The molecule has 0 saturated carbocycles. The van der Waals surface area contributed by atoms with Crippen LogP contribution in [0.1, 0.15) is 55.9 Å². The maximum Gasteiger partial charge on any atom is 0.157 e. The number of nitrogens with zero attached hydrogens (tertiary/aromatic N) is 1. The minimum atomic E-state index is -0.355. The normalized spacial score (nSPS) is 13.6. The molecule has 0 bridgehead atoms. The van der Waals surface area contributed by atoms with Crippen molar-refractivity contribution in [1.82, 2.24) is 0 Å². The molecule has 0 amide bonds. The number of halogens is 1. The molecule has 0 atom stereocenters. The number of fused-ring (bicyclic) bond motifs is 1. The summed E-state index contributed by atoms with van der Waals surface area (Å²) in [5.74, 6) is -0.0469. The molecule has 2 aromatic rings. The van der Waals surface area contributed by atoms with Crippen LogP contribution in [-0.2, 0) is 29.0 Å². The quantitative estimate of drug-likeness (QED) is 0.589. The number of hydrogen-bond acceptors (Lipinski definition) is 4. The van der Waals surface area contributed by atoms with Crippen molar-refractivity contribution in [3.63, 3.8) is 0 Å².